The van der Waals surface area contributed by atoms with E-state index in [4.69, 9.17) is 9.47 Å². The van der Waals surface area contributed by atoms with Gasteiger partial charge < -0.3 is 14.6 Å². The SMILES string of the molecule is CCOc1ccc(CC(C(=O)O)c2ccc(OCC)cc2C)cc1. The third-order valence-electron chi connectivity index (χ3n) is 3.90. The van der Waals surface area contributed by atoms with Crippen LogP contribution in [0.1, 0.15) is 36.5 Å². The maximum absolute atomic E-state index is 11.8. The van der Waals surface area contributed by atoms with Crippen molar-refractivity contribution in [3.8, 4) is 11.5 Å². The number of carboxylic acids is 1. The van der Waals surface area contributed by atoms with Gasteiger partial charge in [0.25, 0.3) is 0 Å². The van der Waals surface area contributed by atoms with E-state index in [1.807, 2.05) is 63.2 Å². The highest BCUT2D eigenvalue weighted by molar-refractivity contribution is 5.77. The Morgan fingerprint density at radius 2 is 1.58 bits per heavy atom. The van der Waals surface area contributed by atoms with Crippen LogP contribution in [0.4, 0.5) is 0 Å². The normalized spacial score (nSPS) is 11.8. The summed E-state index contributed by atoms with van der Waals surface area (Å²) in [4.78, 5) is 11.8. The van der Waals surface area contributed by atoms with Gasteiger partial charge in [-0.2, -0.15) is 0 Å². The van der Waals surface area contributed by atoms with E-state index in [0.717, 1.165) is 28.2 Å². The summed E-state index contributed by atoms with van der Waals surface area (Å²) in [7, 11) is 0. The average molecular weight is 328 g/mol. The monoisotopic (exact) mass is 328 g/mol. The minimum Gasteiger partial charge on any atom is -0.494 e. The smallest absolute Gasteiger partial charge is 0.311 e. The molecule has 0 amide bonds. The largest absolute Gasteiger partial charge is 0.494 e. The minimum absolute atomic E-state index is 0.441. The first-order chi connectivity index (χ1) is 11.5. The number of hydrogen-bond acceptors (Lipinski definition) is 3. The number of ether oxygens (including phenoxy) is 2. The van der Waals surface area contributed by atoms with Crippen LogP contribution in [0, 0.1) is 6.92 Å². The molecule has 2 aromatic rings. The standard InChI is InChI=1S/C20H24O4/c1-4-23-16-8-6-15(7-9-16)13-19(20(21)22)18-11-10-17(24-5-2)12-14(18)3/h6-12,19H,4-5,13H2,1-3H3,(H,21,22). The summed E-state index contributed by atoms with van der Waals surface area (Å²) in [5, 5.41) is 9.67. The van der Waals surface area contributed by atoms with Crippen LogP contribution in [-0.2, 0) is 11.2 Å². The molecule has 0 aromatic heterocycles. The molecule has 4 heteroatoms. The van der Waals surface area contributed by atoms with Gasteiger partial charge in [-0.15, -0.1) is 0 Å². The van der Waals surface area contributed by atoms with E-state index < -0.39 is 11.9 Å². The van der Waals surface area contributed by atoms with Crippen molar-refractivity contribution in [3.05, 3.63) is 59.2 Å². The van der Waals surface area contributed by atoms with Crippen molar-refractivity contribution in [1.29, 1.82) is 0 Å². The topological polar surface area (TPSA) is 55.8 Å². The quantitative estimate of drug-likeness (QED) is 0.789. The van der Waals surface area contributed by atoms with E-state index in [9.17, 15) is 9.90 Å². The first kappa shape index (κ1) is 17.9. The van der Waals surface area contributed by atoms with Gasteiger partial charge in [-0.3, -0.25) is 4.79 Å². The molecule has 2 rings (SSSR count). The fraction of sp³-hybridized carbons (Fsp3) is 0.350. The van der Waals surface area contributed by atoms with Gasteiger partial charge in [0.1, 0.15) is 11.5 Å². The molecule has 1 N–H and O–H groups in total. The van der Waals surface area contributed by atoms with Gasteiger partial charge in [0.15, 0.2) is 0 Å². The number of carbonyl (C=O) groups is 1. The first-order valence-corrected chi connectivity index (χ1v) is 8.23. The van der Waals surface area contributed by atoms with Crippen molar-refractivity contribution in [2.24, 2.45) is 0 Å². The molecule has 128 valence electrons. The van der Waals surface area contributed by atoms with E-state index >= 15 is 0 Å². The minimum atomic E-state index is -0.823. The Labute approximate surface area is 143 Å². The number of carboxylic acid groups (broad SMARTS) is 1. The highest BCUT2D eigenvalue weighted by Gasteiger charge is 2.22. The van der Waals surface area contributed by atoms with Gasteiger partial charge in [-0.25, -0.2) is 0 Å². The Hall–Kier alpha value is -2.49. The zero-order valence-corrected chi connectivity index (χ0v) is 14.4. The number of hydrogen-bond donors (Lipinski definition) is 1. The molecule has 0 bridgehead atoms. The van der Waals surface area contributed by atoms with Crippen molar-refractivity contribution in [2.75, 3.05) is 13.2 Å². The Balaban J connectivity index is 2.21. The number of aryl methyl sites for hydroxylation is 1. The molecule has 2 aromatic carbocycles. The summed E-state index contributed by atoms with van der Waals surface area (Å²) in [6.07, 6.45) is 0.441. The van der Waals surface area contributed by atoms with E-state index in [2.05, 4.69) is 0 Å². The summed E-state index contributed by atoms with van der Waals surface area (Å²) in [6.45, 7) is 6.99. The molecule has 24 heavy (non-hydrogen) atoms. The predicted octanol–water partition coefficient (Wildman–Crippen LogP) is 4.20. The fourth-order valence-corrected chi connectivity index (χ4v) is 2.75. The molecule has 0 fully saturated rings. The number of aliphatic carboxylic acids is 1. The molecule has 0 saturated heterocycles. The molecule has 1 unspecified atom stereocenters. The Kier molecular flexibility index (Phi) is 6.24. The average Bonchev–Trinajstić information content (AvgIpc) is 2.55. The van der Waals surface area contributed by atoms with Gasteiger partial charge in [0.05, 0.1) is 19.1 Å². The van der Waals surface area contributed by atoms with Gasteiger partial charge in [0.2, 0.25) is 0 Å². The van der Waals surface area contributed by atoms with Gasteiger partial charge in [0, 0.05) is 0 Å². The Morgan fingerprint density at radius 3 is 2.12 bits per heavy atom. The second-order valence-electron chi connectivity index (χ2n) is 5.62. The third kappa shape index (κ3) is 4.51. The summed E-state index contributed by atoms with van der Waals surface area (Å²) >= 11 is 0. The van der Waals surface area contributed by atoms with Crippen LogP contribution in [0.25, 0.3) is 0 Å². The lowest BCUT2D eigenvalue weighted by atomic mass is 9.89. The van der Waals surface area contributed by atoms with Gasteiger partial charge in [-0.05, 0) is 68.1 Å². The maximum Gasteiger partial charge on any atom is 0.311 e. The van der Waals surface area contributed by atoms with Crippen molar-refractivity contribution in [3.63, 3.8) is 0 Å². The molecule has 4 nitrogen and oxygen atoms in total. The van der Waals surface area contributed by atoms with Crippen molar-refractivity contribution in [1.82, 2.24) is 0 Å². The molecule has 1 atom stereocenters. The van der Waals surface area contributed by atoms with Crippen LogP contribution in [0.2, 0.25) is 0 Å². The number of benzene rings is 2. The van der Waals surface area contributed by atoms with Crippen LogP contribution in [0.5, 0.6) is 11.5 Å². The summed E-state index contributed by atoms with van der Waals surface area (Å²) in [5.41, 5.74) is 2.72. The van der Waals surface area contributed by atoms with E-state index in [1.165, 1.54) is 0 Å². The van der Waals surface area contributed by atoms with E-state index in [0.29, 0.717) is 19.6 Å². The Bertz CT molecular complexity index is 677. The lowest BCUT2D eigenvalue weighted by Crippen LogP contribution is -2.15. The molecular formula is C20H24O4. The predicted molar refractivity (Wildman–Crippen MR) is 94.0 cm³/mol. The van der Waals surface area contributed by atoms with Crippen molar-refractivity contribution < 1.29 is 19.4 Å². The van der Waals surface area contributed by atoms with E-state index in [-0.39, 0.29) is 0 Å². The molecule has 0 aliphatic carbocycles. The van der Waals surface area contributed by atoms with Crippen LogP contribution in [-0.4, -0.2) is 24.3 Å². The van der Waals surface area contributed by atoms with Crippen LogP contribution >= 0.6 is 0 Å². The lowest BCUT2D eigenvalue weighted by molar-refractivity contribution is -0.138. The second-order valence-corrected chi connectivity index (χ2v) is 5.62. The highest BCUT2D eigenvalue weighted by Crippen LogP contribution is 2.28. The first-order valence-electron chi connectivity index (χ1n) is 8.23. The molecule has 0 spiro atoms. The Morgan fingerprint density at radius 1 is 1.00 bits per heavy atom. The second kappa shape index (κ2) is 8.39. The summed E-state index contributed by atoms with van der Waals surface area (Å²) in [6, 6.07) is 13.2. The molecule has 0 saturated carbocycles. The molecular weight excluding hydrogens is 304 g/mol. The summed E-state index contributed by atoms with van der Waals surface area (Å²) in [5.74, 6) is 0.157. The van der Waals surface area contributed by atoms with Crippen LogP contribution in [0.15, 0.2) is 42.5 Å². The zero-order valence-electron chi connectivity index (χ0n) is 14.4. The third-order valence-corrected chi connectivity index (χ3v) is 3.90. The lowest BCUT2D eigenvalue weighted by Gasteiger charge is -2.17. The van der Waals surface area contributed by atoms with E-state index in [1.54, 1.807) is 0 Å². The van der Waals surface area contributed by atoms with Gasteiger partial charge >= 0.3 is 5.97 Å². The van der Waals surface area contributed by atoms with Gasteiger partial charge in [-0.1, -0.05) is 18.2 Å². The molecule has 0 radical (unpaired) electrons. The molecule has 0 aliphatic rings. The zero-order chi connectivity index (χ0) is 17.5. The maximum atomic E-state index is 11.8. The highest BCUT2D eigenvalue weighted by atomic mass is 16.5. The van der Waals surface area contributed by atoms with Crippen molar-refractivity contribution >= 4 is 5.97 Å². The summed E-state index contributed by atoms with van der Waals surface area (Å²) < 4.78 is 10.9. The number of rotatable bonds is 8. The fourth-order valence-electron chi connectivity index (χ4n) is 2.75. The van der Waals surface area contributed by atoms with Crippen molar-refractivity contribution in [2.45, 2.75) is 33.1 Å². The van der Waals surface area contributed by atoms with Crippen LogP contribution < -0.4 is 9.47 Å². The molecule has 0 aliphatic heterocycles. The van der Waals surface area contributed by atoms with Crippen LogP contribution in [0.3, 0.4) is 0 Å². The molecule has 0 heterocycles.